The maximum absolute atomic E-state index is 12.7. The maximum Gasteiger partial charge on any atom is 0.416 e. The van der Waals surface area contributed by atoms with Gasteiger partial charge in [-0.2, -0.15) is 13.2 Å². The van der Waals surface area contributed by atoms with Crippen LogP contribution in [0.25, 0.3) is 0 Å². The van der Waals surface area contributed by atoms with E-state index in [4.69, 9.17) is 5.73 Å². The quantitative estimate of drug-likeness (QED) is 0.744. The minimum absolute atomic E-state index is 0. The molecule has 2 amide bonds. The predicted molar refractivity (Wildman–Crippen MR) is 106 cm³/mol. The summed E-state index contributed by atoms with van der Waals surface area (Å²) < 4.78 is 37.9. The number of hydrogen-bond donors (Lipinski definition) is 1. The first-order valence-corrected chi connectivity index (χ1v) is 8.79. The Kier molecular flexibility index (Phi) is 6.79. The highest BCUT2D eigenvalue weighted by Gasteiger charge is 2.31. The van der Waals surface area contributed by atoms with Crippen LogP contribution >= 0.6 is 12.4 Å². The summed E-state index contributed by atoms with van der Waals surface area (Å²) in [7, 11) is 0. The van der Waals surface area contributed by atoms with Crippen molar-refractivity contribution in [2.75, 3.05) is 31.9 Å². The Morgan fingerprint density at radius 1 is 0.897 bits per heavy atom. The molecule has 9 heteroatoms. The summed E-state index contributed by atoms with van der Waals surface area (Å²) in [6, 6.07) is 9.31. The van der Waals surface area contributed by atoms with E-state index >= 15 is 0 Å². The van der Waals surface area contributed by atoms with Crippen LogP contribution in [0.4, 0.5) is 18.9 Å². The molecule has 0 saturated carbocycles. The highest BCUT2D eigenvalue weighted by Crippen LogP contribution is 2.29. The maximum atomic E-state index is 12.7. The molecule has 5 nitrogen and oxygen atoms in total. The molecule has 2 aromatic rings. The van der Waals surface area contributed by atoms with Gasteiger partial charge in [-0.25, -0.2) is 0 Å². The second-order valence-corrected chi connectivity index (χ2v) is 6.73. The molecule has 0 unspecified atom stereocenters. The van der Waals surface area contributed by atoms with Crippen LogP contribution in [-0.2, 0) is 6.18 Å². The lowest BCUT2D eigenvalue weighted by molar-refractivity contribution is -0.137. The largest absolute Gasteiger partial charge is 0.416 e. The Morgan fingerprint density at radius 3 is 1.93 bits per heavy atom. The highest BCUT2D eigenvalue weighted by molar-refractivity contribution is 5.97. The molecule has 1 fully saturated rings. The van der Waals surface area contributed by atoms with Gasteiger partial charge in [-0.15, -0.1) is 12.4 Å². The third-order valence-electron chi connectivity index (χ3n) is 4.81. The van der Waals surface area contributed by atoms with Crippen molar-refractivity contribution in [1.82, 2.24) is 9.80 Å². The lowest BCUT2D eigenvalue weighted by atomic mass is 10.1. The van der Waals surface area contributed by atoms with E-state index in [9.17, 15) is 22.8 Å². The molecule has 3 rings (SSSR count). The molecule has 0 spiro atoms. The van der Waals surface area contributed by atoms with Gasteiger partial charge in [-0.3, -0.25) is 9.59 Å². The standard InChI is InChI=1S/C20H20F3N3O2.ClH/c1-13-2-7-16(24)12-17(13)19(28)26-10-8-25(9-11-26)18(27)14-3-5-15(6-4-14)20(21,22)23;/h2-7,12H,8-11,24H2,1H3;1H. The SMILES string of the molecule is Cc1ccc(N)cc1C(=O)N1CCN(C(=O)c2ccc(C(F)(F)F)cc2)CC1.Cl. The molecule has 0 aromatic heterocycles. The van der Waals surface area contributed by atoms with E-state index in [0.29, 0.717) is 37.4 Å². The smallest absolute Gasteiger partial charge is 0.399 e. The van der Waals surface area contributed by atoms with Crippen LogP contribution in [0.5, 0.6) is 0 Å². The number of carbonyl (C=O) groups excluding carboxylic acids is 2. The fourth-order valence-electron chi connectivity index (χ4n) is 3.14. The van der Waals surface area contributed by atoms with Crippen molar-refractivity contribution in [3.63, 3.8) is 0 Å². The van der Waals surface area contributed by atoms with Gasteiger partial charge in [-0.1, -0.05) is 6.07 Å². The number of anilines is 1. The molecular weight excluding hydrogens is 407 g/mol. The number of carbonyl (C=O) groups is 2. The van der Waals surface area contributed by atoms with Crippen LogP contribution in [0.1, 0.15) is 31.8 Å². The minimum Gasteiger partial charge on any atom is -0.399 e. The number of nitrogens with two attached hydrogens (primary N) is 1. The van der Waals surface area contributed by atoms with Gasteiger partial charge in [-0.05, 0) is 48.9 Å². The number of amides is 2. The molecule has 1 aliphatic rings. The van der Waals surface area contributed by atoms with E-state index in [1.165, 1.54) is 12.1 Å². The first-order valence-electron chi connectivity index (χ1n) is 8.79. The number of aryl methyl sites for hydroxylation is 1. The number of nitrogen functional groups attached to an aromatic ring is 1. The van der Waals surface area contributed by atoms with Crippen LogP contribution in [0.3, 0.4) is 0 Å². The van der Waals surface area contributed by atoms with Gasteiger partial charge in [0.15, 0.2) is 0 Å². The summed E-state index contributed by atoms with van der Waals surface area (Å²) in [6.07, 6.45) is -4.44. The van der Waals surface area contributed by atoms with Gasteiger partial charge < -0.3 is 15.5 Å². The summed E-state index contributed by atoms with van der Waals surface area (Å²) in [5.41, 5.74) is 7.02. The van der Waals surface area contributed by atoms with E-state index in [1.807, 2.05) is 6.92 Å². The Balaban J connectivity index is 0.00000300. The Labute approximate surface area is 172 Å². The molecule has 1 aliphatic heterocycles. The fourth-order valence-corrected chi connectivity index (χ4v) is 3.14. The molecule has 1 saturated heterocycles. The van der Waals surface area contributed by atoms with Crippen molar-refractivity contribution >= 4 is 29.9 Å². The van der Waals surface area contributed by atoms with Gasteiger partial charge in [0, 0.05) is 43.0 Å². The van der Waals surface area contributed by atoms with Gasteiger partial charge in [0.25, 0.3) is 11.8 Å². The van der Waals surface area contributed by atoms with E-state index < -0.39 is 11.7 Å². The first-order chi connectivity index (χ1) is 13.2. The van der Waals surface area contributed by atoms with E-state index in [0.717, 1.165) is 17.7 Å². The lowest BCUT2D eigenvalue weighted by Gasteiger charge is -2.35. The lowest BCUT2D eigenvalue weighted by Crippen LogP contribution is -2.50. The summed E-state index contributed by atoms with van der Waals surface area (Å²) in [4.78, 5) is 28.4. The van der Waals surface area contributed by atoms with E-state index in [2.05, 4.69) is 0 Å². The second-order valence-electron chi connectivity index (χ2n) is 6.73. The summed E-state index contributed by atoms with van der Waals surface area (Å²) >= 11 is 0. The number of rotatable bonds is 2. The molecule has 0 radical (unpaired) electrons. The fraction of sp³-hybridized carbons (Fsp3) is 0.300. The van der Waals surface area contributed by atoms with Gasteiger partial charge >= 0.3 is 6.18 Å². The number of alkyl halides is 3. The molecule has 156 valence electrons. The first kappa shape index (κ1) is 22.5. The van der Waals surface area contributed by atoms with Crippen molar-refractivity contribution < 1.29 is 22.8 Å². The van der Waals surface area contributed by atoms with Gasteiger partial charge in [0.05, 0.1) is 5.56 Å². The number of piperazine rings is 1. The van der Waals surface area contributed by atoms with Crippen molar-refractivity contribution in [1.29, 1.82) is 0 Å². The minimum atomic E-state index is -4.44. The molecular formula is C20H21ClF3N3O2. The third kappa shape index (κ3) is 5.00. The zero-order chi connectivity index (χ0) is 20.5. The molecule has 2 aromatic carbocycles. The normalized spacial score (nSPS) is 14.3. The van der Waals surface area contributed by atoms with E-state index in [-0.39, 0.29) is 29.8 Å². The van der Waals surface area contributed by atoms with Gasteiger partial charge in [0.2, 0.25) is 0 Å². The Hall–Kier alpha value is -2.74. The molecule has 29 heavy (non-hydrogen) atoms. The second kappa shape index (κ2) is 8.73. The zero-order valence-corrected chi connectivity index (χ0v) is 16.5. The topological polar surface area (TPSA) is 66.6 Å². The summed E-state index contributed by atoms with van der Waals surface area (Å²) in [6.45, 7) is 3.15. The van der Waals surface area contributed by atoms with Crippen molar-refractivity contribution in [2.45, 2.75) is 13.1 Å². The Bertz CT molecular complexity index is 893. The van der Waals surface area contributed by atoms with E-state index in [1.54, 1.807) is 28.0 Å². The predicted octanol–water partition coefficient (Wildman–Crippen LogP) is 3.62. The van der Waals surface area contributed by atoms with Crippen molar-refractivity contribution in [2.24, 2.45) is 0 Å². The molecule has 0 atom stereocenters. The molecule has 2 N–H and O–H groups in total. The summed E-state index contributed by atoms with van der Waals surface area (Å²) in [5.74, 6) is -0.493. The molecule has 1 heterocycles. The highest BCUT2D eigenvalue weighted by atomic mass is 35.5. The average Bonchev–Trinajstić information content (AvgIpc) is 2.68. The number of benzene rings is 2. The molecule has 0 aliphatic carbocycles. The van der Waals surface area contributed by atoms with Gasteiger partial charge in [0.1, 0.15) is 0 Å². The van der Waals surface area contributed by atoms with Crippen LogP contribution in [0.2, 0.25) is 0 Å². The molecule has 0 bridgehead atoms. The zero-order valence-electron chi connectivity index (χ0n) is 15.7. The third-order valence-corrected chi connectivity index (χ3v) is 4.81. The van der Waals surface area contributed by atoms with Crippen LogP contribution in [0.15, 0.2) is 42.5 Å². The van der Waals surface area contributed by atoms with Crippen molar-refractivity contribution in [3.8, 4) is 0 Å². The summed E-state index contributed by atoms with van der Waals surface area (Å²) in [5, 5.41) is 0. The average molecular weight is 428 g/mol. The van der Waals surface area contributed by atoms with Crippen LogP contribution in [-0.4, -0.2) is 47.8 Å². The van der Waals surface area contributed by atoms with Crippen LogP contribution in [0, 0.1) is 6.92 Å². The number of hydrogen-bond acceptors (Lipinski definition) is 3. The number of halogens is 4. The van der Waals surface area contributed by atoms with Crippen LogP contribution < -0.4 is 5.73 Å². The monoisotopic (exact) mass is 427 g/mol. The number of nitrogens with zero attached hydrogens (tertiary/aromatic N) is 2. The van der Waals surface area contributed by atoms with Crippen molar-refractivity contribution in [3.05, 3.63) is 64.7 Å². The Morgan fingerprint density at radius 2 is 1.41 bits per heavy atom.